The summed E-state index contributed by atoms with van der Waals surface area (Å²) < 4.78 is 160. The van der Waals surface area contributed by atoms with Gasteiger partial charge in [-0.15, -0.1) is 0 Å². The van der Waals surface area contributed by atoms with Crippen LogP contribution >= 0.6 is 0 Å². The number of piperidine rings is 1. The van der Waals surface area contributed by atoms with Gasteiger partial charge in [0, 0.05) is 30.1 Å². The first-order valence-corrected chi connectivity index (χ1v) is 16.2. The molecule has 0 bridgehead atoms. The topological polar surface area (TPSA) is 75.7 Å². The lowest BCUT2D eigenvalue weighted by Gasteiger charge is -2.38. The molecule has 0 aromatic heterocycles. The first-order chi connectivity index (χ1) is 22.4. The second-order valence-electron chi connectivity index (χ2n) is 11.7. The van der Waals surface area contributed by atoms with Crippen molar-refractivity contribution in [1.82, 2.24) is 10.2 Å². The fourth-order valence-corrected chi connectivity index (χ4v) is 8.42. The molecule has 0 spiro atoms. The molecule has 2 heterocycles. The molecule has 1 unspecified atom stereocenters. The second-order valence-corrected chi connectivity index (χ2v) is 14.0. The number of alkyl halides is 6. The van der Waals surface area contributed by atoms with Crippen LogP contribution in [0.4, 0.5) is 39.5 Å². The Morgan fingerprint density at radius 2 is 1.42 bits per heavy atom. The van der Waals surface area contributed by atoms with E-state index < -0.39 is 80.2 Å². The maximum Gasteiger partial charge on any atom is 0.430 e. The lowest BCUT2D eigenvalue weighted by Crippen LogP contribution is -2.56. The summed E-state index contributed by atoms with van der Waals surface area (Å²) in [6.07, 6.45) is -11.7. The minimum atomic E-state index is -6.21. The smallest absolute Gasteiger partial charge is 0.349 e. The Morgan fingerprint density at radius 3 is 1.96 bits per heavy atom. The van der Waals surface area contributed by atoms with Crippen LogP contribution in [-0.2, 0) is 36.3 Å². The number of hydrogen-bond acceptors (Lipinski definition) is 5. The Kier molecular flexibility index (Phi) is 9.67. The van der Waals surface area contributed by atoms with E-state index in [1.165, 1.54) is 4.90 Å². The van der Waals surface area contributed by atoms with Gasteiger partial charge in [0.15, 0.2) is 9.84 Å². The molecule has 1 N–H and O–H groups in total. The summed E-state index contributed by atoms with van der Waals surface area (Å²) in [5, 5.41) is 3.11. The molecule has 48 heavy (non-hydrogen) atoms. The zero-order valence-electron chi connectivity index (χ0n) is 25.0. The van der Waals surface area contributed by atoms with Gasteiger partial charge in [0.1, 0.15) is 22.2 Å². The highest BCUT2D eigenvalue weighted by atomic mass is 32.2. The highest BCUT2D eigenvalue weighted by Gasteiger charge is 2.73. The summed E-state index contributed by atoms with van der Waals surface area (Å²) in [5.74, 6) is -4.38. The van der Waals surface area contributed by atoms with Crippen LogP contribution < -0.4 is 5.32 Å². The molecule has 0 saturated carbocycles. The van der Waals surface area contributed by atoms with Gasteiger partial charge in [-0.3, -0.25) is 4.79 Å². The minimum Gasteiger partial charge on any atom is -0.349 e. The lowest BCUT2D eigenvalue weighted by molar-refractivity contribution is -0.392. The van der Waals surface area contributed by atoms with Crippen LogP contribution in [0.25, 0.3) is 0 Å². The Hall–Kier alpha value is -3.63. The number of carbonyl (C=O) groups is 1. The van der Waals surface area contributed by atoms with E-state index in [1.807, 2.05) is 0 Å². The van der Waals surface area contributed by atoms with Crippen LogP contribution in [0.15, 0.2) is 71.6 Å². The fourth-order valence-electron chi connectivity index (χ4n) is 6.34. The Morgan fingerprint density at radius 1 is 0.854 bits per heavy atom. The molecule has 2 saturated heterocycles. The largest absolute Gasteiger partial charge is 0.430 e. The Bertz CT molecular complexity index is 1710. The van der Waals surface area contributed by atoms with Crippen LogP contribution in [0, 0.1) is 23.4 Å². The van der Waals surface area contributed by atoms with E-state index in [0.717, 1.165) is 42.5 Å². The Labute approximate surface area is 269 Å². The van der Waals surface area contributed by atoms with Crippen LogP contribution in [0.1, 0.15) is 36.0 Å². The van der Waals surface area contributed by atoms with Crippen LogP contribution in [0.2, 0.25) is 0 Å². The van der Waals surface area contributed by atoms with E-state index >= 15 is 0 Å². The van der Waals surface area contributed by atoms with Crippen molar-refractivity contribution in [3.63, 3.8) is 0 Å². The molecule has 3 aromatic rings. The van der Waals surface area contributed by atoms with Crippen molar-refractivity contribution < 1.29 is 57.5 Å². The average Bonchev–Trinajstić information content (AvgIpc) is 3.49. The molecule has 2 fully saturated rings. The quantitative estimate of drug-likeness (QED) is 0.213. The third-order valence-corrected chi connectivity index (χ3v) is 11.5. The van der Waals surface area contributed by atoms with Gasteiger partial charge in [0.25, 0.3) is 5.60 Å². The summed E-state index contributed by atoms with van der Waals surface area (Å²) in [5.41, 5.74) is -8.00. The van der Waals surface area contributed by atoms with Gasteiger partial charge in [-0.2, -0.15) is 26.3 Å². The first kappa shape index (κ1) is 35.7. The molecule has 2 aliphatic heterocycles. The minimum absolute atomic E-state index is 0.0860. The summed E-state index contributed by atoms with van der Waals surface area (Å²) in [6.45, 7) is -1.21. The predicted octanol–water partition coefficient (Wildman–Crippen LogP) is 6.54. The maximum absolute atomic E-state index is 14.5. The zero-order valence-corrected chi connectivity index (χ0v) is 25.8. The van der Waals surface area contributed by atoms with E-state index in [9.17, 15) is 52.7 Å². The summed E-state index contributed by atoms with van der Waals surface area (Å²) in [6, 6.07) is 8.21. The van der Waals surface area contributed by atoms with Gasteiger partial charge in [0.05, 0.1) is 11.5 Å². The molecule has 260 valence electrons. The van der Waals surface area contributed by atoms with Gasteiger partial charge < -0.3 is 15.0 Å². The normalized spacial score (nSPS) is 19.9. The van der Waals surface area contributed by atoms with Crippen LogP contribution in [0.3, 0.4) is 0 Å². The molecule has 6 nitrogen and oxygen atoms in total. The van der Waals surface area contributed by atoms with Crippen molar-refractivity contribution in [2.45, 2.75) is 53.5 Å². The van der Waals surface area contributed by atoms with Crippen molar-refractivity contribution in [2.24, 2.45) is 5.92 Å². The molecule has 1 amide bonds. The molecule has 16 heteroatoms. The number of benzene rings is 3. The number of carbonyl (C=O) groups excluding carboxylic acids is 1. The van der Waals surface area contributed by atoms with Gasteiger partial charge in [0.2, 0.25) is 5.91 Å². The number of hydrogen-bond donors (Lipinski definition) is 1. The number of sulfone groups is 1. The molecule has 3 aromatic carbocycles. The van der Waals surface area contributed by atoms with Crippen molar-refractivity contribution in [1.29, 1.82) is 0 Å². The molecule has 2 aliphatic rings. The first-order valence-electron chi connectivity index (χ1n) is 14.8. The van der Waals surface area contributed by atoms with Crippen molar-refractivity contribution >= 4 is 15.7 Å². The Balaban J connectivity index is 1.59. The number of ether oxygens (including phenoxy) is 1. The van der Waals surface area contributed by atoms with Crippen molar-refractivity contribution in [3.8, 4) is 0 Å². The predicted molar refractivity (Wildman–Crippen MR) is 153 cm³/mol. The van der Waals surface area contributed by atoms with E-state index in [-0.39, 0.29) is 29.3 Å². The van der Waals surface area contributed by atoms with Gasteiger partial charge in [-0.1, -0.05) is 30.3 Å². The number of halogens is 9. The third-order valence-electron chi connectivity index (χ3n) is 8.98. The zero-order chi connectivity index (χ0) is 35.1. The van der Waals surface area contributed by atoms with E-state index in [1.54, 1.807) is 0 Å². The summed E-state index contributed by atoms with van der Waals surface area (Å²) in [4.78, 5) is 14.3. The van der Waals surface area contributed by atoms with Gasteiger partial charge in [-0.25, -0.2) is 21.6 Å². The van der Waals surface area contributed by atoms with Gasteiger partial charge >= 0.3 is 12.4 Å². The van der Waals surface area contributed by atoms with E-state index in [2.05, 4.69) is 10.1 Å². The van der Waals surface area contributed by atoms with Crippen LogP contribution in [0.5, 0.6) is 0 Å². The number of amides is 1. The number of nitrogens with zero attached hydrogens (tertiary/aromatic N) is 1. The maximum atomic E-state index is 14.5. The SMILES string of the molecule is O=C(C1CCNCC1)N1CCC(c2ccc(C(OCc3c(F)cccc3F)(C(F)(F)F)C(F)(F)F)cc2)(S(=O)(=O)c2ccc(F)cc2)C1. The molecule has 0 radical (unpaired) electrons. The van der Waals surface area contributed by atoms with E-state index in [0.29, 0.717) is 50.2 Å². The number of likely N-dealkylation sites (tertiary alicyclic amines) is 1. The van der Waals surface area contributed by atoms with Crippen molar-refractivity contribution in [3.05, 3.63) is 101 Å². The average molecular weight is 709 g/mol. The molecule has 0 aliphatic carbocycles. The molecular formula is C32H29F9N2O4S. The molecular weight excluding hydrogens is 679 g/mol. The van der Waals surface area contributed by atoms with Crippen LogP contribution in [-0.4, -0.2) is 57.8 Å². The molecule has 1 atom stereocenters. The highest BCUT2D eigenvalue weighted by Crippen LogP contribution is 2.54. The number of rotatable bonds is 8. The fraction of sp³-hybridized carbons (Fsp3) is 0.406. The summed E-state index contributed by atoms with van der Waals surface area (Å²) in [7, 11) is -4.56. The third kappa shape index (κ3) is 6.17. The number of nitrogens with one attached hydrogen (secondary N) is 1. The lowest BCUT2D eigenvalue weighted by atomic mass is 9.88. The van der Waals surface area contributed by atoms with Gasteiger partial charge in [-0.05, 0) is 74.3 Å². The second kappa shape index (κ2) is 13.0. The highest BCUT2D eigenvalue weighted by molar-refractivity contribution is 7.92. The van der Waals surface area contributed by atoms with Crippen molar-refractivity contribution in [2.75, 3.05) is 26.2 Å². The molecule has 5 rings (SSSR count). The standard InChI is InChI=1S/C32H29F9N2O4S/c33-23-8-10-24(11-9-23)48(45,46)29(14-17-43(19-29)28(44)20-12-15-42-16-13-20)21-4-6-22(7-5-21)30(31(36,37)38,32(39,40)41)47-18-25-26(34)2-1-3-27(25)35/h1-11,20,42H,12-19H2. The van der Waals surface area contributed by atoms with E-state index in [4.69, 9.17) is 0 Å². The summed E-state index contributed by atoms with van der Waals surface area (Å²) >= 11 is 0. The monoisotopic (exact) mass is 708 g/mol.